The summed E-state index contributed by atoms with van der Waals surface area (Å²) in [4.78, 5) is 32.1. The van der Waals surface area contributed by atoms with Gasteiger partial charge < -0.3 is 9.47 Å². The van der Waals surface area contributed by atoms with Crippen LogP contribution < -0.4 is 19.6 Å². The molecule has 198 valence electrons. The summed E-state index contributed by atoms with van der Waals surface area (Å²) >= 11 is 7.28. The number of halogens is 1. The van der Waals surface area contributed by atoms with Gasteiger partial charge in [-0.2, -0.15) is 0 Å². The second-order valence-electron chi connectivity index (χ2n) is 9.17. The van der Waals surface area contributed by atoms with Crippen molar-refractivity contribution in [3.05, 3.63) is 131 Å². The minimum Gasteiger partial charge on any atom is -0.488 e. The molecule has 0 spiro atoms. The van der Waals surface area contributed by atoms with Gasteiger partial charge in [-0.05, 0) is 56.2 Å². The summed E-state index contributed by atoms with van der Waals surface area (Å²) in [5, 5.41) is 0.666. The van der Waals surface area contributed by atoms with Crippen molar-refractivity contribution in [3.8, 4) is 5.75 Å². The van der Waals surface area contributed by atoms with Crippen LogP contribution in [0.1, 0.15) is 42.1 Å². The number of hydrogen-bond donors (Lipinski definition) is 0. The van der Waals surface area contributed by atoms with E-state index in [2.05, 4.69) is 4.99 Å². The first-order valence-corrected chi connectivity index (χ1v) is 13.8. The second kappa shape index (κ2) is 11.4. The molecule has 6 nitrogen and oxygen atoms in total. The van der Waals surface area contributed by atoms with Crippen molar-refractivity contribution in [3.63, 3.8) is 0 Å². The molecule has 0 saturated heterocycles. The predicted molar refractivity (Wildman–Crippen MR) is 154 cm³/mol. The molecule has 39 heavy (non-hydrogen) atoms. The van der Waals surface area contributed by atoms with Crippen LogP contribution in [-0.4, -0.2) is 17.1 Å². The third kappa shape index (κ3) is 5.60. The van der Waals surface area contributed by atoms with Gasteiger partial charge in [0.1, 0.15) is 12.4 Å². The lowest BCUT2D eigenvalue weighted by Gasteiger charge is -2.24. The number of carbonyl (C=O) groups excluding carboxylic acids is 1. The van der Waals surface area contributed by atoms with Gasteiger partial charge in [0.2, 0.25) is 0 Å². The van der Waals surface area contributed by atoms with Crippen molar-refractivity contribution in [2.45, 2.75) is 33.4 Å². The first-order chi connectivity index (χ1) is 18.9. The summed E-state index contributed by atoms with van der Waals surface area (Å²) in [5.41, 5.74) is 4.33. The Bertz CT molecular complexity index is 1740. The van der Waals surface area contributed by atoms with E-state index in [0.29, 0.717) is 38.0 Å². The maximum Gasteiger partial charge on any atom is 0.338 e. The number of para-hydroxylation sites is 1. The van der Waals surface area contributed by atoms with E-state index in [1.165, 1.54) is 11.3 Å². The molecule has 0 fully saturated rings. The summed E-state index contributed by atoms with van der Waals surface area (Å²) in [6, 6.07) is 22.2. The Morgan fingerprint density at radius 2 is 1.77 bits per heavy atom. The number of hydrogen-bond acceptors (Lipinski definition) is 6. The molecular weight excluding hydrogens is 532 g/mol. The Morgan fingerprint density at radius 1 is 1.05 bits per heavy atom. The molecule has 1 aliphatic rings. The highest BCUT2D eigenvalue weighted by Gasteiger charge is 2.33. The molecule has 3 aromatic carbocycles. The molecule has 0 radical (unpaired) electrons. The largest absolute Gasteiger partial charge is 0.488 e. The first kappa shape index (κ1) is 26.7. The molecule has 1 aromatic heterocycles. The van der Waals surface area contributed by atoms with Crippen LogP contribution in [0.15, 0.2) is 93.9 Å². The maximum absolute atomic E-state index is 13.9. The second-order valence-corrected chi connectivity index (χ2v) is 10.6. The Morgan fingerprint density at radius 3 is 2.49 bits per heavy atom. The van der Waals surface area contributed by atoms with Crippen LogP contribution in [0.5, 0.6) is 5.75 Å². The van der Waals surface area contributed by atoms with E-state index in [1.54, 1.807) is 18.4 Å². The molecule has 0 N–H and O–H groups in total. The standard InChI is InChI=1S/C31H27ClN2O4S/c1-4-37-30(36)27-20(3)33-31-34(28(27)22-13-9-19(2)10-14-22)29(35)26(39-31)17-23-7-5-6-8-25(23)38-18-21-11-15-24(32)16-12-21/h5-17,28H,4,18H2,1-3H3. The van der Waals surface area contributed by atoms with Crippen molar-refractivity contribution < 1.29 is 14.3 Å². The maximum atomic E-state index is 13.9. The van der Waals surface area contributed by atoms with Gasteiger partial charge in [-0.25, -0.2) is 9.79 Å². The molecule has 8 heteroatoms. The van der Waals surface area contributed by atoms with Crippen molar-refractivity contribution in [1.82, 2.24) is 4.57 Å². The van der Waals surface area contributed by atoms with Crippen LogP contribution in [-0.2, 0) is 16.1 Å². The number of esters is 1. The predicted octanol–water partition coefficient (Wildman–Crippen LogP) is 5.34. The summed E-state index contributed by atoms with van der Waals surface area (Å²) in [6.45, 7) is 6.13. The van der Waals surface area contributed by atoms with Crippen LogP contribution in [0.4, 0.5) is 0 Å². The minimum absolute atomic E-state index is 0.230. The first-order valence-electron chi connectivity index (χ1n) is 12.6. The molecule has 2 heterocycles. The molecule has 1 aliphatic heterocycles. The molecule has 0 bridgehead atoms. The average Bonchev–Trinajstić information content (AvgIpc) is 3.23. The number of aromatic nitrogens is 1. The molecule has 0 aliphatic carbocycles. The lowest BCUT2D eigenvalue weighted by molar-refractivity contribution is -0.139. The molecule has 4 aromatic rings. The number of allylic oxidation sites excluding steroid dienone is 1. The molecule has 0 amide bonds. The van der Waals surface area contributed by atoms with Crippen LogP contribution in [0.25, 0.3) is 6.08 Å². The highest BCUT2D eigenvalue weighted by Crippen LogP contribution is 2.31. The SMILES string of the molecule is CCOC(=O)C1=C(C)N=c2sc(=Cc3ccccc3OCc3ccc(Cl)cc3)c(=O)n2C1c1ccc(C)cc1. The van der Waals surface area contributed by atoms with Gasteiger partial charge in [0, 0.05) is 10.6 Å². The van der Waals surface area contributed by atoms with E-state index in [4.69, 9.17) is 21.1 Å². The van der Waals surface area contributed by atoms with Crippen molar-refractivity contribution in [1.29, 1.82) is 0 Å². The van der Waals surface area contributed by atoms with Gasteiger partial charge in [0.05, 0.1) is 28.5 Å². The number of benzene rings is 3. The number of ether oxygens (including phenoxy) is 2. The van der Waals surface area contributed by atoms with Crippen LogP contribution in [0, 0.1) is 6.92 Å². The van der Waals surface area contributed by atoms with Crippen LogP contribution >= 0.6 is 22.9 Å². The van der Waals surface area contributed by atoms with Gasteiger partial charge in [0.25, 0.3) is 5.56 Å². The van der Waals surface area contributed by atoms with E-state index in [1.807, 2.05) is 85.8 Å². The summed E-state index contributed by atoms with van der Waals surface area (Å²) in [5.74, 6) is 0.177. The molecule has 1 atom stereocenters. The topological polar surface area (TPSA) is 69.9 Å². The molecule has 0 saturated carbocycles. The number of carbonyl (C=O) groups is 1. The lowest BCUT2D eigenvalue weighted by Crippen LogP contribution is -2.39. The zero-order valence-electron chi connectivity index (χ0n) is 21.8. The van der Waals surface area contributed by atoms with Gasteiger partial charge in [-0.1, -0.05) is 83.1 Å². The summed E-state index contributed by atoms with van der Waals surface area (Å²) in [7, 11) is 0. The zero-order valence-corrected chi connectivity index (χ0v) is 23.4. The van der Waals surface area contributed by atoms with Crippen molar-refractivity contribution in [2.75, 3.05) is 6.61 Å². The fourth-order valence-electron chi connectivity index (χ4n) is 4.47. The quantitative estimate of drug-likeness (QED) is 0.287. The normalized spacial score (nSPS) is 15.1. The Balaban J connectivity index is 1.59. The number of thiazole rings is 1. The molecule has 5 rings (SSSR count). The van der Waals surface area contributed by atoms with E-state index in [0.717, 1.165) is 22.3 Å². The number of nitrogens with zero attached hydrogens (tertiary/aromatic N) is 2. The van der Waals surface area contributed by atoms with E-state index in [-0.39, 0.29) is 12.2 Å². The summed E-state index contributed by atoms with van der Waals surface area (Å²) in [6.07, 6.45) is 1.82. The van der Waals surface area contributed by atoms with Gasteiger partial charge in [-0.3, -0.25) is 9.36 Å². The van der Waals surface area contributed by atoms with Crippen LogP contribution in [0.2, 0.25) is 5.02 Å². The third-order valence-corrected chi connectivity index (χ3v) is 7.66. The van der Waals surface area contributed by atoms with Crippen molar-refractivity contribution >= 4 is 35.0 Å². The highest BCUT2D eigenvalue weighted by atomic mass is 35.5. The van der Waals surface area contributed by atoms with Gasteiger partial charge in [-0.15, -0.1) is 0 Å². The monoisotopic (exact) mass is 558 g/mol. The number of aryl methyl sites for hydroxylation is 1. The average molecular weight is 559 g/mol. The zero-order chi connectivity index (χ0) is 27.5. The van der Waals surface area contributed by atoms with Crippen molar-refractivity contribution in [2.24, 2.45) is 4.99 Å². The Hall–Kier alpha value is -3.94. The molecule has 1 unspecified atom stereocenters. The lowest BCUT2D eigenvalue weighted by atomic mass is 9.95. The highest BCUT2D eigenvalue weighted by molar-refractivity contribution is 7.07. The Kier molecular flexibility index (Phi) is 7.82. The fourth-order valence-corrected chi connectivity index (χ4v) is 5.63. The van der Waals surface area contributed by atoms with Gasteiger partial charge >= 0.3 is 5.97 Å². The van der Waals surface area contributed by atoms with E-state index in [9.17, 15) is 9.59 Å². The van der Waals surface area contributed by atoms with Gasteiger partial charge in [0.15, 0.2) is 4.80 Å². The number of fused-ring (bicyclic) bond motifs is 1. The van der Waals surface area contributed by atoms with Crippen LogP contribution in [0.3, 0.4) is 0 Å². The fraction of sp³-hybridized carbons (Fsp3) is 0.194. The minimum atomic E-state index is -0.639. The molecular formula is C31H27ClN2O4S. The van der Waals surface area contributed by atoms with E-state index < -0.39 is 12.0 Å². The van der Waals surface area contributed by atoms with E-state index >= 15 is 0 Å². The number of rotatable bonds is 7. The Labute approximate surface area is 235 Å². The third-order valence-electron chi connectivity index (χ3n) is 6.42. The summed E-state index contributed by atoms with van der Waals surface area (Å²) < 4.78 is 13.6. The smallest absolute Gasteiger partial charge is 0.338 e.